The summed E-state index contributed by atoms with van der Waals surface area (Å²) >= 11 is 3.46. The Bertz CT molecular complexity index is 351. The molecular formula is C12H16BrNO2. The molecule has 1 aliphatic rings. The molecule has 4 heteroatoms. The van der Waals surface area contributed by atoms with E-state index < -0.39 is 0 Å². The molecule has 1 aromatic carbocycles. The first kappa shape index (κ1) is 11.9. The Morgan fingerprint density at radius 3 is 3.06 bits per heavy atom. The molecule has 0 spiro atoms. The molecule has 2 rings (SSSR count). The van der Waals surface area contributed by atoms with E-state index in [0.717, 1.165) is 35.3 Å². The second-order valence-corrected chi connectivity index (χ2v) is 4.80. The van der Waals surface area contributed by atoms with Gasteiger partial charge in [0.1, 0.15) is 5.75 Å². The zero-order valence-corrected chi connectivity index (χ0v) is 10.9. The van der Waals surface area contributed by atoms with Gasteiger partial charge in [0, 0.05) is 16.6 Å². The zero-order chi connectivity index (χ0) is 11.4. The lowest BCUT2D eigenvalue weighted by Crippen LogP contribution is -2.16. The normalized spacial score (nSPS) is 20.0. The van der Waals surface area contributed by atoms with Gasteiger partial charge in [0.05, 0.1) is 19.8 Å². The van der Waals surface area contributed by atoms with E-state index in [1.807, 2.05) is 18.2 Å². The van der Waals surface area contributed by atoms with Gasteiger partial charge in [-0.1, -0.05) is 15.9 Å². The zero-order valence-electron chi connectivity index (χ0n) is 9.33. The van der Waals surface area contributed by atoms with Crippen LogP contribution in [0.5, 0.6) is 5.75 Å². The Labute approximate surface area is 104 Å². The lowest BCUT2D eigenvalue weighted by atomic mass is 10.2. The highest BCUT2D eigenvalue weighted by Crippen LogP contribution is 2.24. The minimum Gasteiger partial charge on any atom is -0.496 e. The molecule has 1 saturated heterocycles. The summed E-state index contributed by atoms with van der Waals surface area (Å²) in [6, 6.07) is 5.97. The van der Waals surface area contributed by atoms with E-state index in [2.05, 4.69) is 21.2 Å². The van der Waals surface area contributed by atoms with Crippen molar-refractivity contribution >= 4 is 15.9 Å². The lowest BCUT2D eigenvalue weighted by molar-refractivity contribution is 0.0530. The summed E-state index contributed by atoms with van der Waals surface area (Å²) in [7, 11) is 1.68. The summed E-state index contributed by atoms with van der Waals surface area (Å²) in [5, 5.41) is 3.28. The van der Waals surface area contributed by atoms with Crippen molar-refractivity contribution < 1.29 is 9.47 Å². The number of nitrogens with one attached hydrogen (secondary N) is 1. The minimum absolute atomic E-state index is 0.337. The average Bonchev–Trinajstić information content (AvgIpc) is 2.79. The van der Waals surface area contributed by atoms with Crippen molar-refractivity contribution in [3.05, 3.63) is 28.2 Å². The number of hydrogen-bond donors (Lipinski definition) is 1. The molecule has 0 aliphatic carbocycles. The van der Waals surface area contributed by atoms with E-state index in [0.29, 0.717) is 12.7 Å². The first-order valence-corrected chi connectivity index (χ1v) is 6.23. The van der Waals surface area contributed by atoms with Crippen LogP contribution in [0.25, 0.3) is 0 Å². The standard InChI is InChI=1S/C12H16BrNO2/c1-15-12-3-2-10(13)6-9(12)8-16-11-4-5-14-7-11/h2-3,6,11,14H,4-5,7-8H2,1H3. The third-order valence-electron chi connectivity index (χ3n) is 2.73. The molecule has 1 aromatic rings. The van der Waals surface area contributed by atoms with Gasteiger partial charge in [-0.3, -0.25) is 0 Å². The highest BCUT2D eigenvalue weighted by molar-refractivity contribution is 9.10. The molecule has 1 heterocycles. The van der Waals surface area contributed by atoms with Gasteiger partial charge in [0.15, 0.2) is 0 Å². The molecule has 1 fully saturated rings. The smallest absolute Gasteiger partial charge is 0.124 e. The summed E-state index contributed by atoms with van der Waals surface area (Å²) in [6.45, 7) is 2.62. The van der Waals surface area contributed by atoms with Crippen molar-refractivity contribution in [2.75, 3.05) is 20.2 Å². The van der Waals surface area contributed by atoms with E-state index in [9.17, 15) is 0 Å². The van der Waals surface area contributed by atoms with Crippen molar-refractivity contribution in [1.29, 1.82) is 0 Å². The predicted octanol–water partition coefficient (Wildman–Crippen LogP) is 2.34. The number of benzene rings is 1. The van der Waals surface area contributed by atoms with Gasteiger partial charge in [0.25, 0.3) is 0 Å². The van der Waals surface area contributed by atoms with Crippen molar-refractivity contribution in [3.63, 3.8) is 0 Å². The number of rotatable bonds is 4. The summed E-state index contributed by atoms with van der Waals surface area (Å²) in [6.07, 6.45) is 1.43. The largest absolute Gasteiger partial charge is 0.496 e. The molecule has 88 valence electrons. The van der Waals surface area contributed by atoms with E-state index in [1.54, 1.807) is 7.11 Å². The lowest BCUT2D eigenvalue weighted by Gasteiger charge is -2.13. The molecule has 16 heavy (non-hydrogen) atoms. The molecule has 0 aromatic heterocycles. The Morgan fingerprint density at radius 2 is 2.38 bits per heavy atom. The molecule has 3 nitrogen and oxygen atoms in total. The minimum atomic E-state index is 0.337. The maximum atomic E-state index is 5.82. The van der Waals surface area contributed by atoms with E-state index in [1.165, 1.54) is 0 Å². The molecule has 0 amide bonds. The van der Waals surface area contributed by atoms with Crippen LogP contribution in [-0.4, -0.2) is 26.3 Å². The number of hydrogen-bond acceptors (Lipinski definition) is 3. The highest BCUT2D eigenvalue weighted by atomic mass is 79.9. The van der Waals surface area contributed by atoms with Gasteiger partial charge in [-0.2, -0.15) is 0 Å². The van der Waals surface area contributed by atoms with Crippen molar-refractivity contribution in [1.82, 2.24) is 5.32 Å². The fraction of sp³-hybridized carbons (Fsp3) is 0.500. The Hall–Kier alpha value is -0.580. The van der Waals surface area contributed by atoms with E-state index >= 15 is 0 Å². The average molecular weight is 286 g/mol. The summed E-state index contributed by atoms with van der Waals surface area (Å²) in [5.41, 5.74) is 1.09. The van der Waals surface area contributed by atoms with Gasteiger partial charge in [-0.25, -0.2) is 0 Å². The highest BCUT2D eigenvalue weighted by Gasteiger charge is 2.15. The molecule has 1 N–H and O–H groups in total. The van der Waals surface area contributed by atoms with E-state index in [-0.39, 0.29) is 0 Å². The maximum Gasteiger partial charge on any atom is 0.124 e. The molecule has 1 atom stereocenters. The second kappa shape index (κ2) is 5.66. The maximum absolute atomic E-state index is 5.82. The molecular weight excluding hydrogens is 270 g/mol. The van der Waals surface area contributed by atoms with Crippen molar-refractivity contribution in [2.24, 2.45) is 0 Å². The van der Waals surface area contributed by atoms with Gasteiger partial charge < -0.3 is 14.8 Å². The predicted molar refractivity (Wildman–Crippen MR) is 66.8 cm³/mol. The summed E-state index contributed by atoms with van der Waals surface area (Å²) in [5.74, 6) is 0.883. The van der Waals surface area contributed by atoms with Crippen LogP contribution < -0.4 is 10.1 Å². The fourth-order valence-electron chi connectivity index (χ4n) is 1.84. The third kappa shape index (κ3) is 2.97. The third-order valence-corrected chi connectivity index (χ3v) is 3.23. The van der Waals surface area contributed by atoms with Crippen LogP contribution >= 0.6 is 15.9 Å². The first-order chi connectivity index (χ1) is 7.79. The van der Waals surface area contributed by atoms with Gasteiger partial charge in [-0.05, 0) is 31.2 Å². The topological polar surface area (TPSA) is 30.5 Å². The molecule has 0 radical (unpaired) electrons. The SMILES string of the molecule is COc1ccc(Br)cc1COC1CCNC1. The number of ether oxygens (including phenoxy) is 2. The van der Waals surface area contributed by atoms with Crippen LogP contribution in [0.2, 0.25) is 0 Å². The van der Waals surface area contributed by atoms with Gasteiger partial charge >= 0.3 is 0 Å². The van der Waals surface area contributed by atoms with E-state index in [4.69, 9.17) is 9.47 Å². The molecule has 1 unspecified atom stereocenters. The quantitative estimate of drug-likeness (QED) is 0.921. The Balaban J connectivity index is 1.98. The van der Waals surface area contributed by atoms with Gasteiger partial charge in [-0.15, -0.1) is 0 Å². The van der Waals surface area contributed by atoms with Crippen molar-refractivity contribution in [2.45, 2.75) is 19.1 Å². The Morgan fingerprint density at radius 1 is 1.50 bits per heavy atom. The summed E-state index contributed by atoms with van der Waals surface area (Å²) < 4.78 is 12.2. The van der Waals surface area contributed by atoms with Crippen LogP contribution in [-0.2, 0) is 11.3 Å². The van der Waals surface area contributed by atoms with Crippen LogP contribution in [0.1, 0.15) is 12.0 Å². The second-order valence-electron chi connectivity index (χ2n) is 3.88. The fourth-order valence-corrected chi connectivity index (χ4v) is 2.25. The molecule has 0 bridgehead atoms. The molecule has 1 aliphatic heterocycles. The van der Waals surface area contributed by atoms with Crippen LogP contribution in [0, 0.1) is 0 Å². The number of halogens is 1. The first-order valence-electron chi connectivity index (χ1n) is 5.44. The number of methoxy groups -OCH3 is 1. The van der Waals surface area contributed by atoms with Crippen molar-refractivity contribution in [3.8, 4) is 5.75 Å². The Kier molecular flexibility index (Phi) is 4.21. The van der Waals surface area contributed by atoms with Crippen LogP contribution in [0.3, 0.4) is 0 Å². The van der Waals surface area contributed by atoms with Gasteiger partial charge in [0.2, 0.25) is 0 Å². The molecule has 0 saturated carbocycles. The van der Waals surface area contributed by atoms with Crippen LogP contribution in [0.4, 0.5) is 0 Å². The van der Waals surface area contributed by atoms with Crippen LogP contribution in [0.15, 0.2) is 22.7 Å². The monoisotopic (exact) mass is 285 g/mol. The summed E-state index contributed by atoms with van der Waals surface area (Å²) in [4.78, 5) is 0.